The van der Waals surface area contributed by atoms with Gasteiger partial charge in [0.1, 0.15) is 0 Å². The predicted octanol–water partition coefficient (Wildman–Crippen LogP) is 1.49. The van der Waals surface area contributed by atoms with Gasteiger partial charge in [-0.15, -0.1) is 0 Å². The molecule has 4 heteroatoms. The first kappa shape index (κ1) is 13.7. The zero-order valence-electron chi connectivity index (χ0n) is 10.8. The number of thiol groups is 1. The van der Waals surface area contributed by atoms with Gasteiger partial charge < -0.3 is 9.64 Å². The minimum Gasteiger partial charge on any atom is -0.379 e. The van der Waals surface area contributed by atoms with Crippen molar-refractivity contribution in [3.8, 4) is 0 Å². The molecule has 2 aliphatic heterocycles. The van der Waals surface area contributed by atoms with Crippen LogP contribution in [0.1, 0.15) is 25.7 Å². The molecule has 100 valence electrons. The summed E-state index contributed by atoms with van der Waals surface area (Å²) in [5.41, 5.74) is 0. The van der Waals surface area contributed by atoms with Gasteiger partial charge in [-0.25, -0.2) is 0 Å². The van der Waals surface area contributed by atoms with Crippen molar-refractivity contribution in [2.75, 3.05) is 51.7 Å². The van der Waals surface area contributed by atoms with E-state index >= 15 is 0 Å². The Morgan fingerprint density at radius 2 is 1.88 bits per heavy atom. The van der Waals surface area contributed by atoms with E-state index in [9.17, 15) is 0 Å². The first-order valence-corrected chi connectivity index (χ1v) is 7.68. The summed E-state index contributed by atoms with van der Waals surface area (Å²) in [7, 11) is 0. The zero-order valence-corrected chi connectivity index (χ0v) is 11.7. The second-order valence-electron chi connectivity index (χ2n) is 5.18. The quantitative estimate of drug-likeness (QED) is 0.574. The van der Waals surface area contributed by atoms with Crippen LogP contribution in [0, 0.1) is 0 Å². The third-order valence-corrected chi connectivity index (χ3v) is 4.26. The lowest BCUT2D eigenvalue weighted by Crippen LogP contribution is -2.44. The molecule has 2 saturated heterocycles. The van der Waals surface area contributed by atoms with E-state index in [1.165, 1.54) is 45.3 Å². The van der Waals surface area contributed by atoms with E-state index in [1.807, 2.05) is 0 Å². The van der Waals surface area contributed by atoms with Crippen LogP contribution in [0.3, 0.4) is 0 Å². The fraction of sp³-hybridized carbons (Fsp3) is 1.00. The molecule has 0 N–H and O–H groups in total. The summed E-state index contributed by atoms with van der Waals surface area (Å²) in [6.07, 6.45) is 5.30. The molecule has 0 spiro atoms. The number of hydrogen-bond donors (Lipinski definition) is 1. The third kappa shape index (κ3) is 4.43. The molecular weight excluding hydrogens is 232 g/mol. The van der Waals surface area contributed by atoms with E-state index in [0.29, 0.717) is 0 Å². The molecule has 17 heavy (non-hydrogen) atoms. The third-order valence-electron chi connectivity index (χ3n) is 3.94. The Bertz CT molecular complexity index is 210. The van der Waals surface area contributed by atoms with Crippen LogP contribution in [-0.2, 0) is 4.74 Å². The van der Waals surface area contributed by atoms with Gasteiger partial charge in [0.25, 0.3) is 0 Å². The van der Waals surface area contributed by atoms with Gasteiger partial charge in [0.2, 0.25) is 0 Å². The van der Waals surface area contributed by atoms with Crippen molar-refractivity contribution in [2.45, 2.75) is 31.7 Å². The maximum atomic E-state index is 5.42. The van der Waals surface area contributed by atoms with E-state index in [1.54, 1.807) is 0 Å². The summed E-state index contributed by atoms with van der Waals surface area (Å²) in [4.78, 5) is 5.26. The summed E-state index contributed by atoms with van der Waals surface area (Å²) in [6.45, 7) is 7.99. The number of nitrogens with zero attached hydrogens (tertiary/aromatic N) is 2. The maximum Gasteiger partial charge on any atom is 0.0594 e. The van der Waals surface area contributed by atoms with Crippen molar-refractivity contribution in [2.24, 2.45) is 0 Å². The van der Waals surface area contributed by atoms with Crippen LogP contribution in [0.25, 0.3) is 0 Å². The van der Waals surface area contributed by atoms with Crippen molar-refractivity contribution in [1.82, 2.24) is 9.80 Å². The molecule has 1 unspecified atom stereocenters. The Balaban J connectivity index is 1.61. The van der Waals surface area contributed by atoms with Crippen molar-refractivity contribution < 1.29 is 4.74 Å². The minimum atomic E-state index is 0.795. The Morgan fingerprint density at radius 1 is 1.06 bits per heavy atom. The van der Waals surface area contributed by atoms with E-state index < -0.39 is 0 Å². The first-order chi connectivity index (χ1) is 8.40. The zero-order chi connectivity index (χ0) is 11.9. The average Bonchev–Trinajstić information content (AvgIpc) is 2.85. The van der Waals surface area contributed by atoms with Gasteiger partial charge in [0.05, 0.1) is 13.2 Å². The monoisotopic (exact) mass is 258 g/mol. The molecule has 0 aromatic rings. The van der Waals surface area contributed by atoms with Gasteiger partial charge in [0.15, 0.2) is 0 Å². The lowest BCUT2D eigenvalue weighted by atomic mass is 10.2. The van der Waals surface area contributed by atoms with Crippen molar-refractivity contribution >= 4 is 12.6 Å². The molecule has 0 aromatic heterocycles. The molecule has 0 aliphatic carbocycles. The minimum absolute atomic E-state index is 0.795. The second-order valence-corrected chi connectivity index (χ2v) is 5.62. The molecule has 2 rings (SSSR count). The van der Waals surface area contributed by atoms with Crippen LogP contribution in [0.4, 0.5) is 0 Å². The average molecular weight is 258 g/mol. The first-order valence-electron chi connectivity index (χ1n) is 7.05. The molecule has 2 heterocycles. The van der Waals surface area contributed by atoms with Crippen LogP contribution in [0.2, 0.25) is 0 Å². The molecule has 1 atom stereocenters. The van der Waals surface area contributed by atoms with Crippen molar-refractivity contribution in [3.05, 3.63) is 0 Å². The normalized spacial score (nSPS) is 27.7. The number of ether oxygens (including phenoxy) is 1. The van der Waals surface area contributed by atoms with E-state index in [0.717, 1.165) is 38.1 Å². The maximum absolute atomic E-state index is 5.42. The van der Waals surface area contributed by atoms with E-state index in [4.69, 9.17) is 4.74 Å². The number of likely N-dealkylation sites (tertiary alicyclic amines) is 1. The topological polar surface area (TPSA) is 15.7 Å². The van der Waals surface area contributed by atoms with E-state index in [2.05, 4.69) is 22.4 Å². The molecule has 0 aromatic carbocycles. The van der Waals surface area contributed by atoms with Crippen LogP contribution in [0.15, 0.2) is 0 Å². The Labute approximate surface area is 111 Å². The fourth-order valence-electron chi connectivity index (χ4n) is 2.88. The van der Waals surface area contributed by atoms with Crippen LogP contribution in [0.5, 0.6) is 0 Å². The van der Waals surface area contributed by atoms with Crippen LogP contribution < -0.4 is 0 Å². The summed E-state index contributed by atoms with van der Waals surface area (Å²) < 4.78 is 5.42. The van der Waals surface area contributed by atoms with Gasteiger partial charge in [0, 0.05) is 25.7 Å². The highest BCUT2D eigenvalue weighted by Gasteiger charge is 2.27. The molecule has 3 nitrogen and oxygen atoms in total. The second kappa shape index (κ2) is 7.62. The highest BCUT2D eigenvalue weighted by molar-refractivity contribution is 7.80. The highest BCUT2D eigenvalue weighted by atomic mass is 32.1. The summed E-state index contributed by atoms with van der Waals surface area (Å²) in [5, 5.41) is 0. The number of unbranched alkanes of at least 4 members (excludes halogenated alkanes) is 2. The van der Waals surface area contributed by atoms with Gasteiger partial charge in [-0.1, -0.05) is 6.42 Å². The number of morpholine rings is 1. The molecular formula is C13H26N2OS. The number of rotatable bonds is 6. The SMILES string of the molecule is SCCCCCN1CCC(N2CCOCC2)C1. The lowest BCUT2D eigenvalue weighted by Gasteiger charge is -2.32. The van der Waals surface area contributed by atoms with E-state index in [-0.39, 0.29) is 0 Å². The standard InChI is InChI=1S/C13H26N2OS/c17-11-3-1-2-5-14-6-4-13(12-14)15-7-9-16-10-8-15/h13,17H,1-12H2. The van der Waals surface area contributed by atoms with Crippen molar-refractivity contribution in [1.29, 1.82) is 0 Å². The van der Waals surface area contributed by atoms with Gasteiger partial charge in [-0.05, 0) is 38.1 Å². The van der Waals surface area contributed by atoms with Gasteiger partial charge in [-0.2, -0.15) is 12.6 Å². The Hall–Kier alpha value is 0.230. The number of hydrogen-bond acceptors (Lipinski definition) is 4. The summed E-state index contributed by atoms with van der Waals surface area (Å²) in [6, 6.07) is 0.795. The highest BCUT2D eigenvalue weighted by Crippen LogP contribution is 2.17. The van der Waals surface area contributed by atoms with Gasteiger partial charge >= 0.3 is 0 Å². The molecule has 0 radical (unpaired) electrons. The largest absolute Gasteiger partial charge is 0.379 e. The summed E-state index contributed by atoms with van der Waals surface area (Å²) >= 11 is 4.25. The van der Waals surface area contributed by atoms with Crippen LogP contribution >= 0.6 is 12.6 Å². The molecule has 0 amide bonds. The smallest absolute Gasteiger partial charge is 0.0594 e. The molecule has 2 fully saturated rings. The summed E-state index contributed by atoms with van der Waals surface area (Å²) in [5.74, 6) is 1.04. The lowest BCUT2D eigenvalue weighted by molar-refractivity contribution is 0.0185. The van der Waals surface area contributed by atoms with Crippen LogP contribution in [-0.4, -0.2) is 67.5 Å². The Kier molecular flexibility index (Phi) is 6.12. The predicted molar refractivity (Wildman–Crippen MR) is 74.9 cm³/mol. The fourth-order valence-corrected chi connectivity index (χ4v) is 3.10. The molecule has 0 bridgehead atoms. The van der Waals surface area contributed by atoms with Crippen molar-refractivity contribution in [3.63, 3.8) is 0 Å². The van der Waals surface area contributed by atoms with Gasteiger partial charge in [-0.3, -0.25) is 4.90 Å². The molecule has 0 saturated carbocycles. The Morgan fingerprint density at radius 3 is 2.65 bits per heavy atom. The molecule has 2 aliphatic rings.